The van der Waals surface area contributed by atoms with E-state index in [9.17, 15) is 28.8 Å². The number of ether oxygens (including phenoxy) is 12. The van der Waals surface area contributed by atoms with Crippen molar-refractivity contribution in [3.63, 3.8) is 0 Å². The first-order chi connectivity index (χ1) is 26.1. The smallest absolute Gasteiger partial charge is 0.331 e. The third-order valence-electron chi connectivity index (χ3n) is 4.91. The van der Waals surface area contributed by atoms with Crippen LogP contribution < -0.4 is 0 Å². The van der Waals surface area contributed by atoms with Crippen LogP contribution in [0.25, 0.3) is 0 Å². The zero-order chi connectivity index (χ0) is 40.9. The molecule has 0 bridgehead atoms. The molecule has 0 aliphatic carbocycles. The molecule has 0 saturated carbocycles. The van der Waals surface area contributed by atoms with Crippen molar-refractivity contribution in [1.29, 1.82) is 0 Å². The molecule has 0 aromatic heterocycles. The second kappa shape index (κ2) is 44.8. The molecule has 0 amide bonds. The Morgan fingerprint density at radius 2 is 0.500 bits per heavy atom. The zero-order valence-electron chi connectivity index (χ0n) is 30.9. The van der Waals surface area contributed by atoms with Gasteiger partial charge in [0.05, 0.1) is 120 Å². The van der Waals surface area contributed by atoms with Gasteiger partial charge in [0.25, 0.3) is 0 Å². The van der Waals surface area contributed by atoms with Gasteiger partial charge in [-0.3, -0.25) is 0 Å². The molecule has 0 aliphatic heterocycles. The monoisotopic (exact) mass is 786 g/mol. The topological polar surface area (TPSA) is 274 Å². The lowest BCUT2D eigenvalue weighted by Crippen LogP contribution is -2.13. The zero-order valence-corrected chi connectivity index (χ0v) is 30.9. The quantitative estimate of drug-likeness (QED) is 0.0303. The standard InChI is InChI=1S/C13H22O8.C11H18O7.C9H14O6/c1-17-12(15)2-3-13(16)21-11-10-20-9-8-19-7-6-18-5-4-14;1-15-10(13)2-3-11(14)18-9-8-17-7-6-16-5-4-12;1-13-8(11)2-3-9(12)15-7-6-14-5-4-10/h2-3,14H,4-11H2,1H3;2-3,12H,4-9H2,1H3;2-3,10H,4-7H2,1H3/b3*3-2+. The average molecular weight is 787 g/mol. The fraction of sp³-hybridized carbons (Fsp3) is 0.636. The van der Waals surface area contributed by atoms with Crippen molar-refractivity contribution in [3.05, 3.63) is 36.5 Å². The van der Waals surface area contributed by atoms with Crippen molar-refractivity contribution in [2.24, 2.45) is 0 Å². The highest BCUT2D eigenvalue weighted by molar-refractivity contribution is 5.92. The Hall–Kier alpha value is -4.32. The second-order valence-electron chi connectivity index (χ2n) is 8.92. The maximum absolute atomic E-state index is 11.1. The van der Waals surface area contributed by atoms with E-state index in [2.05, 4.69) is 18.9 Å². The third kappa shape index (κ3) is 47.7. The molecule has 0 fully saturated rings. The van der Waals surface area contributed by atoms with E-state index in [1.165, 1.54) is 21.3 Å². The van der Waals surface area contributed by atoms with Crippen LogP contribution in [0.15, 0.2) is 36.5 Å². The number of esters is 6. The Morgan fingerprint density at radius 1 is 0.315 bits per heavy atom. The molecule has 0 radical (unpaired) electrons. The molecule has 0 aromatic rings. The summed E-state index contributed by atoms with van der Waals surface area (Å²) < 4.78 is 57.2. The highest BCUT2D eigenvalue weighted by atomic mass is 16.6. The number of rotatable bonds is 30. The summed E-state index contributed by atoms with van der Waals surface area (Å²) in [4.78, 5) is 64.9. The minimum atomic E-state index is -0.645. The third-order valence-corrected chi connectivity index (χ3v) is 4.91. The van der Waals surface area contributed by atoms with Crippen LogP contribution in [0.4, 0.5) is 0 Å². The van der Waals surface area contributed by atoms with Crippen LogP contribution in [0.1, 0.15) is 0 Å². The molecule has 0 aromatic carbocycles. The van der Waals surface area contributed by atoms with E-state index in [0.29, 0.717) is 46.2 Å². The maximum atomic E-state index is 11.1. The summed E-state index contributed by atoms with van der Waals surface area (Å²) >= 11 is 0. The van der Waals surface area contributed by atoms with Crippen LogP contribution in [-0.2, 0) is 85.6 Å². The van der Waals surface area contributed by atoms with Crippen LogP contribution in [-0.4, -0.2) is 191 Å². The van der Waals surface area contributed by atoms with Gasteiger partial charge in [-0.2, -0.15) is 0 Å². The molecule has 0 rings (SSSR count). The highest BCUT2D eigenvalue weighted by Crippen LogP contribution is 1.88. The second-order valence-corrected chi connectivity index (χ2v) is 8.92. The molecule has 0 spiro atoms. The largest absolute Gasteiger partial charge is 0.466 e. The number of carbonyl (C=O) groups is 6. The Bertz CT molecular complexity index is 1040. The van der Waals surface area contributed by atoms with Crippen molar-refractivity contribution in [2.45, 2.75) is 0 Å². The minimum absolute atomic E-state index is 0.00332. The molecular formula is C33H54O21. The fourth-order valence-electron chi connectivity index (χ4n) is 2.52. The molecule has 21 heteroatoms. The molecule has 3 N–H and O–H groups in total. The normalized spacial score (nSPS) is 10.6. The summed E-state index contributed by atoms with van der Waals surface area (Å²) in [6.07, 6.45) is 5.87. The Balaban J connectivity index is -0.000000733. The number of aliphatic hydroxyl groups is 3. The number of hydrogen-bond acceptors (Lipinski definition) is 21. The highest BCUT2D eigenvalue weighted by Gasteiger charge is 2.01. The summed E-state index contributed by atoms with van der Waals surface area (Å²) in [7, 11) is 3.64. The van der Waals surface area contributed by atoms with E-state index in [0.717, 1.165) is 36.5 Å². The molecule has 0 atom stereocenters. The Labute approximate surface area is 313 Å². The van der Waals surface area contributed by atoms with Gasteiger partial charge in [0.15, 0.2) is 0 Å². The van der Waals surface area contributed by atoms with Gasteiger partial charge in [-0.15, -0.1) is 0 Å². The Kier molecular flexibility index (Phi) is 44.9. The molecule has 0 unspecified atom stereocenters. The first kappa shape index (κ1) is 54.0. The summed E-state index contributed by atoms with van der Waals surface area (Å²) in [6.45, 7) is 3.96. The first-order valence-corrected chi connectivity index (χ1v) is 16.2. The van der Waals surface area contributed by atoms with E-state index in [-0.39, 0.29) is 72.7 Å². The van der Waals surface area contributed by atoms with E-state index >= 15 is 0 Å². The summed E-state index contributed by atoms with van der Waals surface area (Å²) in [6, 6.07) is 0. The lowest BCUT2D eigenvalue weighted by atomic mass is 10.5. The van der Waals surface area contributed by atoms with Crippen molar-refractivity contribution >= 4 is 35.8 Å². The van der Waals surface area contributed by atoms with Gasteiger partial charge in [0.1, 0.15) is 19.8 Å². The van der Waals surface area contributed by atoms with Crippen LogP contribution >= 0.6 is 0 Å². The summed E-state index contributed by atoms with van der Waals surface area (Å²) in [5, 5.41) is 25.2. The molecule has 0 saturated heterocycles. The lowest BCUT2D eigenvalue weighted by molar-refractivity contribution is -0.141. The Morgan fingerprint density at radius 3 is 0.704 bits per heavy atom. The number of hydrogen-bond donors (Lipinski definition) is 3. The molecule has 21 nitrogen and oxygen atoms in total. The number of aliphatic hydroxyl groups excluding tert-OH is 3. The van der Waals surface area contributed by atoms with Gasteiger partial charge in [-0.25, -0.2) is 28.8 Å². The van der Waals surface area contributed by atoms with Gasteiger partial charge < -0.3 is 72.2 Å². The van der Waals surface area contributed by atoms with E-state index in [1.54, 1.807) is 0 Å². The van der Waals surface area contributed by atoms with Gasteiger partial charge in [-0.1, -0.05) is 0 Å². The van der Waals surface area contributed by atoms with Gasteiger partial charge in [-0.05, 0) is 0 Å². The van der Waals surface area contributed by atoms with Gasteiger partial charge in [0, 0.05) is 36.5 Å². The van der Waals surface area contributed by atoms with Crippen LogP contribution in [0.2, 0.25) is 0 Å². The van der Waals surface area contributed by atoms with Gasteiger partial charge >= 0.3 is 35.8 Å². The molecule has 54 heavy (non-hydrogen) atoms. The lowest BCUT2D eigenvalue weighted by Gasteiger charge is -2.06. The summed E-state index contributed by atoms with van der Waals surface area (Å²) in [5.74, 6) is -3.79. The average Bonchev–Trinajstić information content (AvgIpc) is 3.18. The first-order valence-electron chi connectivity index (χ1n) is 16.2. The predicted octanol–water partition coefficient (Wildman–Crippen LogP) is -2.15. The maximum Gasteiger partial charge on any atom is 0.331 e. The van der Waals surface area contributed by atoms with Crippen molar-refractivity contribution in [3.8, 4) is 0 Å². The summed E-state index contributed by atoms with van der Waals surface area (Å²) in [5.41, 5.74) is 0. The molecule has 0 aliphatic rings. The van der Waals surface area contributed by atoms with Crippen LogP contribution in [0.3, 0.4) is 0 Å². The van der Waals surface area contributed by atoms with Gasteiger partial charge in [0.2, 0.25) is 0 Å². The van der Waals surface area contributed by atoms with Crippen molar-refractivity contribution in [2.75, 3.05) is 140 Å². The fourth-order valence-corrected chi connectivity index (χ4v) is 2.52. The number of methoxy groups -OCH3 is 3. The van der Waals surface area contributed by atoms with Crippen LogP contribution in [0, 0.1) is 0 Å². The molecular weight excluding hydrogens is 732 g/mol. The van der Waals surface area contributed by atoms with E-state index in [4.69, 9.17) is 53.2 Å². The molecule has 0 heterocycles. The van der Waals surface area contributed by atoms with Crippen molar-refractivity contribution < 1.29 is 101 Å². The number of carbonyl (C=O) groups excluding carboxylic acids is 6. The van der Waals surface area contributed by atoms with Crippen molar-refractivity contribution in [1.82, 2.24) is 0 Å². The SMILES string of the molecule is COC(=O)/C=C/C(=O)OCCOCCO.COC(=O)/C=C/C(=O)OCCOCCOCCO.COC(=O)/C=C/C(=O)OCCOCCOCCOCCO. The minimum Gasteiger partial charge on any atom is -0.466 e. The molecule has 312 valence electrons. The van der Waals surface area contributed by atoms with E-state index in [1.807, 2.05) is 0 Å². The van der Waals surface area contributed by atoms with Crippen LogP contribution in [0.5, 0.6) is 0 Å². The van der Waals surface area contributed by atoms with E-state index < -0.39 is 35.8 Å². The predicted molar refractivity (Wildman–Crippen MR) is 183 cm³/mol.